The summed E-state index contributed by atoms with van der Waals surface area (Å²) >= 11 is 0. The quantitative estimate of drug-likeness (QED) is 0.851. The Morgan fingerprint density at radius 1 is 1.08 bits per heavy atom. The van der Waals surface area contributed by atoms with Gasteiger partial charge in [0, 0.05) is 29.9 Å². The van der Waals surface area contributed by atoms with Crippen LogP contribution < -0.4 is 4.74 Å². The zero-order chi connectivity index (χ0) is 16.5. The molecule has 2 atom stereocenters. The Kier molecular flexibility index (Phi) is 4.28. The summed E-state index contributed by atoms with van der Waals surface area (Å²) in [4.78, 5) is 7.07. The highest BCUT2D eigenvalue weighted by Crippen LogP contribution is 2.32. The summed E-state index contributed by atoms with van der Waals surface area (Å²) in [6.45, 7) is 3.68. The number of pyridine rings is 1. The van der Waals surface area contributed by atoms with Crippen molar-refractivity contribution in [2.45, 2.75) is 51.1 Å². The number of hydrogen-bond acceptors (Lipinski definition) is 3. The topological polar surface area (TPSA) is 25.4 Å². The lowest BCUT2D eigenvalue weighted by molar-refractivity contribution is 0.174. The first kappa shape index (κ1) is 15.6. The van der Waals surface area contributed by atoms with Crippen LogP contribution in [0.25, 0.3) is 11.1 Å². The van der Waals surface area contributed by atoms with E-state index in [-0.39, 0.29) is 0 Å². The number of aromatic nitrogens is 1. The maximum atomic E-state index is 5.15. The molecule has 2 unspecified atom stereocenters. The maximum absolute atomic E-state index is 5.15. The Balaban J connectivity index is 1.54. The number of fused-ring (bicyclic) bond motifs is 1. The molecule has 3 nitrogen and oxygen atoms in total. The smallest absolute Gasteiger partial charge is 0.212 e. The van der Waals surface area contributed by atoms with E-state index in [2.05, 4.69) is 41.1 Å². The Labute approximate surface area is 144 Å². The highest BCUT2D eigenvalue weighted by Gasteiger charge is 2.30. The zero-order valence-electron chi connectivity index (χ0n) is 14.7. The molecule has 0 radical (unpaired) electrons. The average Bonchev–Trinajstić information content (AvgIpc) is 3.07. The number of likely N-dealkylation sites (tertiary alicyclic amines) is 1. The van der Waals surface area contributed by atoms with E-state index in [0.29, 0.717) is 5.88 Å². The summed E-state index contributed by atoms with van der Waals surface area (Å²) in [6.07, 6.45) is 8.34. The molecule has 2 aliphatic rings. The fourth-order valence-electron chi connectivity index (χ4n) is 4.37. The summed E-state index contributed by atoms with van der Waals surface area (Å²) in [5, 5.41) is 0. The Bertz CT molecular complexity index is 710. The Morgan fingerprint density at radius 3 is 2.67 bits per heavy atom. The van der Waals surface area contributed by atoms with Gasteiger partial charge in [0.25, 0.3) is 0 Å². The molecule has 4 rings (SSSR count). The van der Waals surface area contributed by atoms with Crippen LogP contribution in [-0.2, 0) is 12.8 Å². The highest BCUT2D eigenvalue weighted by atomic mass is 16.5. The van der Waals surface area contributed by atoms with Crippen LogP contribution in [0, 0.1) is 0 Å². The van der Waals surface area contributed by atoms with Crippen molar-refractivity contribution in [2.75, 3.05) is 13.7 Å². The van der Waals surface area contributed by atoms with E-state index >= 15 is 0 Å². The third-order valence-corrected chi connectivity index (χ3v) is 5.76. The van der Waals surface area contributed by atoms with Crippen LogP contribution in [0.15, 0.2) is 36.5 Å². The molecule has 0 amide bonds. The van der Waals surface area contributed by atoms with Crippen LogP contribution in [0.2, 0.25) is 0 Å². The molecule has 0 spiro atoms. The molecule has 0 saturated carbocycles. The summed E-state index contributed by atoms with van der Waals surface area (Å²) < 4.78 is 5.15. The second-order valence-corrected chi connectivity index (χ2v) is 7.20. The van der Waals surface area contributed by atoms with E-state index in [1.165, 1.54) is 55.3 Å². The SMILES string of the molecule is COc1ccc(-c2ccc3c(c2)CCC(N2CCCC2C)C3)cn1. The minimum atomic E-state index is 0.666. The van der Waals surface area contributed by atoms with Gasteiger partial charge in [-0.25, -0.2) is 4.98 Å². The van der Waals surface area contributed by atoms with Gasteiger partial charge in [0.2, 0.25) is 5.88 Å². The first-order chi connectivity index (χ1) is 11.7. The lowest BCUT2D eigenvalue weighted by Gasteiger charge is -2.35. The van der Waals surface area contributed by atoms with Crippen molar-refractivity contribution in [1.82, 2.24) is 9.88 Å². The number of rotatable bonds is 3. The third kappa shape index (κ3) is 2.93. The molecular formula is C21H26N2O. The van der Waals surface area contributed by atoms with Crippen molar-refractivity contribution in [3.8, 4) is 17.0 Å². The molecule has 126 valence electrons. The van der Waals surface area contributed by atoms with Crippen LogP contribution in [0.5, 0.6) is 5.88 Å². The molecule has 2 heterocycles. The molecular weight excluding hydrogens is 296 g/mol. The first-order valence-corrected chi connectivity index (χ1v) is 9.12. The van der Waals surface area contributed by atoms with Gasteiger partial charge in [0.1, 0.15) is 0 Å². The van der Waals surface area contributed by atoms with Gasteiger partial charge in [-0.05, 0) is 68.3 Å². The van der Waals surface area contributed by atoms with Gasteiger partial charge >= 0.3 is 0 Å². The van der Waals surface area contributed by atoms with Crippen LogP contribution >= 0.6 is 0 Å². The monoisotopic (exact) mass is 322 g/mol. The fourth-order valence-corrected chi connectivity index (χ4v) is 4.37. The van der Waals surface area contributed by atoms with Gasteiger partial charge in [-0.1, -0.05) is 18.2 Å². The fraction of sp³-hybridized carbons (Fsp3) is 0.476. The van der Waals surface area contributed by atoms with Crippen molar-refractivity contribution < 1.29 is 4.74 Å². The van der Waals surface area contributed by atoms with Crippen molar-refractivity contribution >= 4 is 0 Å². The van der Waals surface area contributed by atoms with Crippen LogP contribution in [0.1, 0.15) is 37.3 Å². The largest absolute Gasteiger partial charge is 0.481 e. The van der Waals surface area contributed by atoms with Crippen molar-refractivity contribution in [3.05, 3.63) is 47.7 Å². The lowest BCUT2D eigenvalue weighted by Crippen LogP contribution is -2.41. The van der Waals surface area contributed by atoms with E-state index in [4.69, 9.17) is 4.74 Å². The molecule has 1 saturated heterocycles. The Morgan fingerprint density at radius 2 is 1.96 bits per heavy atom. The molecule has 2 aromatic rings. The summed E-state index contributed by atoms with van der Waals surface area (Å²) in [5.41, 5.74) is 5.48. The second-order valence-electron chi connectivity index (χ2n) is 7.20. The standard InChI is InChI=1S/C21H26N2O/c1-15-4-3-11-23(15)20-9-7-16-12-17(5-6-18(16)13-20)19-8-10-21(24-2)22-14-19/h5-6,8,10,12,14-15,20H,3-4,7,9,11,13H2,1-2H3. The molecule has 3 heteroatoms. The second kappa shape index (κ2) is 6.56. The number of nitrogens with zero attached hydrogens (tertiary/aromatic N) is 2. The minimum absolute atomic E-state index is 0.666. The zero-order valence-corrected chi connectivity index (χ0v) is 14.7. The number of benzene rings is 1. The Hall–Kier alpha value is -1.87. The molecule has 24 heavy (non-hydrogen) atoms. The number of aryl methyl sites for hydroxylation is 1. The highest BCUT2D eigenvalue weighted by molar-refractivity contribution is 5.64. The molecule has 0 bridgehead atoms. The van der Waals surface area contributed by atoms with E-state index < -0.39 is 0 Å². The first-order valence-electron chi connectivity index (χ1n) is 9.12. The average molecular weight is 322 g/mol. The van der Waals surface area contributed by atoms with Gasteiger partial charge < -0.3 is 4.74 Å². The number of ether oxygens (including phenoxy) is 1. The van der Waals surface area contributed by atoms with Gasteiger partial charge in [-0.2, -0.15) is 0 Å². The summed E-state index contributed by atoms with van der Waals surface area (Å²) in [5.74, 6) is 0.666. The van der Waals surface area contributed by atoms with Crippen LogP contribution in [0.3, 0.4) is 0 Å². The van der Waals surface area contributed by atoms with Crippen molar-refractivity contribution in [2.24, 2.45) is 0 Å². The van der Waals surface area contributed by atoms with Crippen molar-refractivity contribution in [1.29, 1.82) is 0 Å². The molecule has 1 aliphatic heterocycles. The van der Waals surface area contributed by atoms with Gasteiger partial charge in [-0.15, -0.1) is 0 Å². The molecule has 1 fully saturated rings. The normalized spacial score (nSPS) is 23.9. The number of methoxy groups -OCH3 is 1. The van der Waals surface area contributed by atoms with Gasteiger partial charge in [-0.3, -0.25) is 4.90 Å². The van der Waals surface area contributed by atoms with E-state index in [9.17, 15) is 0 Å². The van der Waals surface area contributed by atoms with Crippen molar-refractivity contribution in [3.63, 3.8) is 0 Å². The summed E-state index contributed by atoms with van der Waals surface area (Å²) in [7, 11) is 1.65. The van der Waals surface area contributed by atoms with Gasteiger partial charge in [0.15, 0.2) is 0 Å². The molecule has 0 N–H and O–H groups in total. The molecule has 1 aromatic carbocycles. The van der Waals surface area contributed by atoms with E-state index in [0.717, 1.165) is 17.6 Å². The third-order valence-electron chi connectivity index (χ3n) is 5.76. The van der Waals surface area contributed by atoms with Crippen LogP contribution in [0.4, 0.5) is 0 Å². The summed E-state index contributed by atoms with van der Waals surface area (Å²) in [6, 6.07) is 12.5. The predicted octanol–water partition coefficient (Wildman–Crippen LogP) is 4.10. The van der Waals surface area contributed by atoms with E-state index in [1.807, 2.05) is 12.3 Å². The van der Waals surface area contributed by atoms with Gasteiger partial charge in [0.05, 0.1) is 7.11 Å². The molecule has 1 aromatic heterocycles. The lowest BCUT2D eigenvalue weighted by atomic mass is 9.85. The van der Waals surface area contributed by atoms with E-state index in [1.54, 1.807) is 7.11 Å². The minimum Gasteiger partial charge on any atom is -0.481 e. The maximum Gasteiger partial charge on any atom is 0.212 e. The molecule has 1 aliphatic carbocycles. The predicted molar refractivity (Wildman–Crippen MR) is 97.4 cm³/mol. The van der Waals surface area contributed by atoms with Crippen LogP contribution in [-0.4, -0.2) is 35.6 Å². The number of hydrogen-bond donors (Lipinski definition) is 0.